The minimum atomic E-state index is -0.580. The number of aliphatic hydroxyl groups is 1. The van der Waals surface area contributed by atoms with Crippen LogP contribution in [0.5, 0.6) is 0 Å². The van der Waals surface area contributed by atoms with Gasteiger partial charge in [-0.15, -0.1) is 0 Å². The van der Waals surface area contributed by atoms with Crippen molar-refractivity contribution < 1.29 is 5.11 Å². The molecule has 2 heterocycles. The van der Waals surface area contributed by atoms with Gasteiger partial charge in [0.05, 0.1) is 12.3 Å². The Bertz CT molecular complexity index is 476. The first-order valence-corrected chi connectivity index (χ1v) is 5.74. The predicted octanol–water partition coefficient (Wildman–Crippen LogP) is 0.698. The van der Waals surface area contributed by atoms with Crippen LogP contribution in [0, 0.1) is 0 Å². The maximum Gasteiger partial charge on any atom is 0.138 e. The normalized spacial score (nSPS) is 12.9. The number of hydrogen-bond donors (Lipinski definition) is 1. The van der Waals surface area contributed by atoms with E-state index >= 15 is 0 Å². The monoisotopic (exact) mass is 235 g/mol. The van der Waals surface area contributed by atoms with Crippen molar-refractivity contribution in [3.05, 3.63) is 30.1 Å². The smallest absolute Gasteiger partial charge is 0.138 e. The molecule has 0 fully saturated rings. The van der Waals surface area contributed by atoms with Crippen LogP contribution < -0.4 is 0 Å². The van der Waals surface area contributed by atoms with E-state index in [-0.39, 0.29) is 0 Å². The summed E-state index contributed by atoms with van der Waals surface area (Å²) in [5.74, 6) is 0.809. The van der Waals surface area contributed by atoms with Gasteiger partial charge in [-0.1, -0.05) is 6.92 Å². The zero-order chi connectivity index (χ0) is 12.3. The fourth-order valence-electron chi connectivity index (χ4n) is 1.75. The Hall–Kier alpha value is -1.69. The molecule has 0 radical (unpaired) electrons. The van der Waals surface area contributed by atoms with E-state index in [0.717, 1.165) is 24.4 Å². The summed E-state index contributed by atoms with van der Waals surface area (Å²) in [7, 11) is 1.83. The fourth-order valence-corrected chi connectivity index (χ4v) is 1.75. The average Bonchev–Trinajstić information content (AvgIpc) is 2.89. The van der Waals surface area contributed by atoms with Crippen molar-refractivity contribution in [2.45, 2.75) is 32.4 Å². The molecule has 0 saturated carbocycles. The Balaban J connectivity index is 2.07. The summed E-state index contributed by atoms with van der Waals surface area (Å²) in [4.78, 5) is 4.17. The maximum absolute atomic E-state index is 10.1. The highest BCUT2D eigenvalue weighted by molar-refractivity contribution is 5.09. The Morgan fingerprint density at radius 1 is 1.41 bits per heavy atom. The number of aryl methyl sites for hydroxylation is 2. The molecular formula is C11H17N5O. The van der Waals surface area contributed by atoms with E-state index in [0.29, 0.717) is 6.42 Å². The second-order valence-electron chi connectivity index (χ2n) is 4.07. The van der Waals surface area contributed by atoms with Crippen molar-refractivity contribution in [3.8, 4) is 0 Å². The molecule has 0 bridgehead atoms. The van der Waals surface area contributed by atoms with E-state index in [1.807, 2.05) is 17.9 Å². The molecule has 92 valence electrons. The highest BCUT2D eigenvalue weighted by atomic mass is 16.3. The summed E-state index contributed by atoms with van der Waals surface area (Å²) in [5.41, 5.74) is 0.804. The number of hydrogen-bond acceptors (Lipinski definition) is 4. The van der Waals surface area contributed by atoms with Gasteiger partial charge in [-0.25, -0.2) is 4.98 Å². The van der Waals surface area contributed by atoms with Gasteiger partial charge in [0.25, 0.3) is 0 Å². The van der Waals surface area contributed by atoms with Gasteiger partial charge in [0.2, 0.25) is 0 Å². The van der Waals surface area contributed by atoms with E-state index in [1.54, 1.807) is 10.9 Å². The number of rotatable bonds is 5. The van der Waals surface area contributed by atoms with E-state index < -0.39 is 6.10 Å². The van der Waals surface area contributed by atoms with Crippen molar-refractivity contribution in [1.29, 1.82) is 0 Å². The van der Waals surface area contributed by atoms with Crippen LogP contribution in [0.25, 0.3) is 0 Å². The van der Waals surface area contributed by atoms with Crippen LogP contribution in [0.15, 0.2) is 18.7 Å². The Morgan fingerprint density at radius 3 is 2.88 bits per heavy atom. The van der Waals surface area contributed by atoms with Gasteiger partial charge in [0, 0.05) is 31.8 Å². The van der Waals surface area contributed by atoms with E-state index in [1.165, 1.54) is 6.33 Å². The lowest BCUT2D eigenvalue weighted by atomic mass is 10.1. The lowest BCUT2D eigenvalue weighted by Gasteiger charge is -2.08. The van der Waals surface area contributed by atoms with Crippen LogP contribution in [-0.2, 0) is 20.0 Å². The molecule has 1 N–H and O–H groups in total. The minimum Gasteiger partial charge on any atom is -0.388 e. The second kappa shape index (κ2) is 5.09. The molecule has 0 aliphatic heterocycles. The Kier molecular flexibility index (Phi) is 3.53. The zero-order valence-corrected chi connectivity index (χ0v) is 10.1. The van der Waals surface area contributed by atoms with Crippen LogP contribution in [0.1, 0.15) is 30.8 Å². The molecule has 6 heteroatoms. The van der Waals surface area contributed by atoms with Gasteiger partial charge < -0.3 is 5.11 Å². The van der Waals surface area contributed by atoms with Crippen LogP contribution in [0.2, 0.25) is 0 Å². The van der Waals surface area contributed by atoms with Gasteiger partial charge in [-0.3, -0.25) is 9.36 Å². The molecule has 6 nitrogen and oxygen atoms in total. The highest BCUT2D eigenvalue weighted by Gasteiger charge is 2.14. The molecule has 2 aromatic rings. The summed E-state index contributed by atoms with van der Waals surface area (Å²) >= 11 is 0. The summed E-state index contributed by atoms with van der Waals surface area (Å²) in [6.45, 7) is 2.91. The molecule has 2 rings (SSSR count). The van der Waals surface area contributed by atoms with E-state index in [4.69, 9.17) is 0 Å². The molecule has 0 aliphatic rings. The van der Waals surface area contributed by atoms with Crippen molar-refractivity contribution in [3.63, 3.8) is 0 Å². The van der Waals surface area contributed by atoms with Crippen molar-refractivity contribution >= 4 is 0 Å². The van der Waals surface area contributed by atoms with E-state index in [2.05, 4.69) is 22.1 Å². The Morgan fingerprint density at radius 2 is 2.24 bits per heavy atom. The second-order valence-corrected chi connectivity index (χ2v) is 4.07. The molecular weight excluding hydrogens is 218 g/mol. The van der Waals surface area contributed by atoms with Crippen molar-refractivity contribution in [1.82, 2.24) is 24.5 Å². The third-order valence-corrected chi connectivity index (χ3v) is 2.62. The largest absolute Gasteiger partial charge is 0.388 e. The predicted molar refractivity (Wildman–Crippen MR) is 62.2 cm³/mol. The van der Waals surface area contributed by atoms with Gasteiger partial charge in [-0.2, -0.15) is 10.2 Å². The third-order valence-electron chi connectivity index (χ3n) is 2.62. The minimum absolute atomic E-state index is 0.464. The molecule has 0 saturated heterocycles. The van der Waals surface area contributed by atoms with Gasteiger partial charge >= 0.3 is 0 Å². The first-order valence-electron chi connectivity index (χ1n) is 5.74. The molecule has 0 amide bonds. The average molecular weight is 235 g/mol. The molecule has 1 atom stereocenters. The maximum atomic E-state index is 10.1. The van der Waals surface area contributed by atoms with Crippen molar-refractivity contribution in [2.24, 2.45) is 7.05 Å². The molecule has 0 aliphatic carbocycles. The van der Waals surface area contributed by atoms with Gasteiger partial charge in [0.1, 0.15) is 12.2 Å². The molecule has 1 unspecified atom stereocenters. The van der Waals surface area contributed by atoms with E-state index in [9.17, 15) is 5.11 Å². The quantitative estimate of drug-likeness (QED) is 0.828. The summed E-state index contributed by atoms with van der Waals surface area (Å²) in [6, 6.07) is 0. The van der Waals surface area contributed by atoms with Crippen LogP contribution in [-0.4, -0.2) is 29.7 Å². The Labute approximate surface area is 99.9 Å². The highest BCUT2D eigenvalue weighted by Crippen LogP contribution is 2.16. The molecule has 0 aromatic carbocycles. The summed E-state index contributed by atoms with van der Waals surface area (Å²) < 4.78 is 3.51. The molecule has 2 aromatic heterocycles. The zero-order valence-electron chi connectivity index (χ0n) is 10.1. The lowest BCUT2D eigenvalue weighted by Crippen LogP contribution is -2.10. The number of nitrogens with zero attached hydrogens (tertiary/aromatic N) is 5. The fraction of sp³-hybridized carbons (Fsp3) is 0.545. The first-order chi connectivity index (χ1) is 8.20. The number of aliphatic hydroxyl groups excluding tert-OH is 1. The third kappa shape index (κ3) is 2.71. The SMILES string of the molecule is CCCn1ncnc1CC(O)c1cnn(C)c1. The lowest BCUT2D eigenvalue weighted by molar-refractivity contribution is 0.174. The standard InChI is InChI=1S/C11H17N5O/c1-3-4-16-11(12-8-14-16)5-10(17)9-6-13-15(2)7-9/h6-8,10,17H,3-5H2,1-2H3. The number of aromatic nitrogens is 5. The van der Waals surface area contributed by atoms with Gasteiger partial charge in [-0.05, 0) is 6.42 Å². The summed E-state index contributed by atoms with van der Waals surface area (Å²) in [6.07, 6.45) is 5.89. The van der Waals surface area contributed by atoms with Crippen LogP contribution in [0.4, 0.5) is 0 Å². The summed E-state index contributed by atoms with van der Waals surface area (Å²) in [5, 5.41) is 18.2. The van der Waals surface area contributed by atoms with Crippen LogP contribution in [0.3, 0.4) is 0 Å². The molecule has 17 heavy (non-hydrogen) atoms. The first kappa shape index (κ1) is 11.8. The molecule has 0 spiro atoms. The van der Waals surface area contributed by atoms with Gasteiger partial charge in [0.15, 0.2) is 0 Å². The van der Waals surface area contributed by atoms with Crippen LogP contribution >= 0.6 is 0 Å². The topological polar surface area (TPSA) is 68.8 Å². The van der Waals surface area contributed by atoms with Crippen molar-refractivity contribution in [2.75, 3.05) is 0 Å².